The molecule has 20 heavy (non-hydrogen) atoms. The molecule has 0 aliphatic heterocycles. The van der Waals surface area contributed by atoms with E-state index in [1.54, 1.807) is 6.07 Å². The van der Waals surface area contributed by atoms with Crippen LogP contribution in [0.25, 0.3) is 0 Å². The molecule has 1 heterocycles. The lowest BCUT2D eigenvalue weighted by Gasteiger charge is -2.16. The summed E-state index contributed by atoms with van der Waals surface area (Å²) in [5.41, 5.74) is 3.91. The van der Waals surface area contributed by atoms with Gasteiger partial charge in [-0.15, -0.1) is 0 Å². The van der Waals surface area contributed by atoms with Crippen LogP contribution in [-0.2, 0) is 6.54 Å². The number of carboxylic acids is 1. The van der Waals surface area contributed by atoms with Gasteiger partial charge < -0.3 is 14.8 Å². The van der Waals surface area contributed by atoms with Crippen molar-refractivity contribution >= 4 is 5.97 Å². The van der Waals surface area contributed by atoms with Crippen molar-refractivity contribution in [2.75, 3.05) is 0 Å². The summed E-state index contributed by atoms with van der Waals surface area (Å²) in [6.07, 6.45) is 1.27. The Bertz CT molecular complexity index is 616. The molecule has 106 valence electrons. The van der Waals surface area contributed by atoms with Gasteiger partial charge in [0.05, 0.1) is 12.1 Å². The normalized spacial score (nSPS) is 12.3. The summed E-state index contributed by atoms with van der Waals surface area (Å²) in [5.74, 6) is -0.346. The van der Waals surface area contributed by atoms with Gasteiger partial charge in [-0.1, -0.05) is 23.8 Å². The molecule has 0 saturated heterocycles. The van der Waals surface area contributed by atoms with E-state index in [-0.39, 0.29) is 11.6 Å². The zero-order chi connectivity index (χ0) is 14.7. The Morgan fingerprint density at radius 1 is 1.35 bits per heavy atom. The lowest BCUT2D eigenvalue weighted by Crippen LogP contribution is -2.18. The average Bonchev–Trinajstić information content (AvgIpc) is 2.85. The molecule has 4 nitrogen and oxygen atoms in total. The van der Waals surface area contributed by atoms with E-state index in [1.807, 2.05) is 0 Å². The van der Waals surface area contributed by atoms with E-state index in [9.17, 15) is 4.79 Å². The van der Waals surface area contributed by atoms with Crippen molar-refractivity contribution in [3.8, 4) is 0 Å². The second-order valence-corrected chi connectivity index (χ2v) is 5.07. The number of aryl methyl sites for hydroxylation is 2. The molecular formula is C16H19NO3. The van der Waals surface area contributed by atoms with Gasteiger partial charge in [-0.25, -0.2) is 4.79 Å². The fourth-order valence-electron chi connectivity index (χ4n) is 2.26. The first kappa shape index (κ1) is 14.3. The van der Waals surface area contributed by atoms with Gasteiger partial charge in [-0.05, 0) is 38.0 Å². The van der Waals surface area contributed by atoms with Crippen LogP contribution in [-0.4, -0.2) is 11.1 Å². The van der Waals surface area contributed by atoms with E-state index in [2.05, 4.69) is 44.3 Å². The van der Waals surface area contributed by atoms with Crippen molar-refractivity contribution in [1.29, 1.82) is 0 Å². The first-order valence-corrected chi connectivity index (χ1v) is 6.58. The van der Waals surface area contributed by atoms with Gasteiger partial charge in [0.15, 0.2) is 0 Å². The van der Waals surface area contributed by atoms with Crippen molar-refractivity contribution in [1.82, 2.24) is 5.32 Å². The van der Waals surface area contributed by atoms with Crippen LogP contribution in [0, 0.1) is 13.8 Å². The fraction of sp³-hybridized carbons (Fsp3) is 0.312. The van der Waals surface area contributed by atoms with Gasteiger partial charge in [-0.2, -0.15) is 0 Å². The number of hydrogen-bond donors (Lipinski definition) is 2. The first-order valence-electron chi connectivity index (χ1n) is 6.58. The molecule has 0 aliphatic rings. The summed E-state index contributed by atoms with van der Waals surface area (Å²) in [7, 11) is 0. The lowest BCUT2D eigenvalue weighted by atomic mass is 10.0. The molecule has 1 atom stereocenters. The van der Waals surface area contributed by atoms with Crippen molar-refractivity contribution in [3.63, 3.8) is 0 Å². The minimum absolute atomic E-state index is 0.175. The number of rotatable bonds is 5. The molecule has 2 N–H and O–H groups in total. The van der Waals surface area contributed by atoms with Crippen LogP contribution < -0.4 is 5.32 Å². The number of carboxylic acid groups (broad SMARTS) is 1. The Morgan fingerprint density at radius 3 is 2.70 bits per heavy atom. The maximum absolute atomic E-state index is 10.8. The molecule has 1 unspecified atom stereocenters. The molecule has 0 aliphatic carbocycles. The lowest BCUT2D eigenvalue weighted by molar-refractivity contribution is 0.0696. The van der Waals surface area contributed by atoms with Crippen LogP contribution in [0.2, 0.25) is 0 Å². The highest BCUT2D eigenvalue weighted by molar-refractivity contribution is 5.87. The van der Waals surface area contributed by atoms with E-state index in [0.717, 1.165) is 0 Å². The van der Waals surface area contributed by atoms with Crippen molar-refractivity contribution in [2.45, 2.75) is 33.4 Å². The number of nitrogens with one attached hydrogen (secondary N) is 1. The first-order chi connectivity index (χ1) is 9.47. The topological polar surface area (TPSA) is 62.5 Å². The maximum Gasteiger partial charge on any atom is 0.338 e. The summed E-state index contributed by atoms with van der Waals surface area (Å²) in [4.78, 5) is 10.8. The molecule has 4 heteroatoms. The highest BCUT2D eigenvalue weighted by Gasteiger charge is 2.11. The summed E-state index contributed by atoms with van der Waals surface area (Å²) < 4.78 is 5.22. The Balaban J connectivity index is 2.00. The largest absolute Gasteiger partial charge is 0.478 e. The van der Waals surface area contributed by atoms with Gasteiger partial charge in [0.1, 0.15) is 12.0 Å². The number of benzene rings is 1. The van der Waals surface area contributed by atoms with Crippen molar-refractivity contribution < 1.29 is 14.3 Å². The smallest absolute Gasteiger partial charge is 0.338 e. The number of aromatic carboxylic acids is 1. The SMILES string of the molecule is Cc1ccc(C(C)NCc2cc(C(=O)O)co2)c(C)c1. The highest BCUT2D eigenvalue weighted by atomic mass is 16.4. The zero-order valence-electron chi connectivity index (χ0n) is 11.9. The Hall–Kier alpha value is -2.07. The van der Waals surface area contributed by atoms with Crippen molar-refractivity contribution in [2.24, 2.45) is 0 Å². The van der Waals surface area contributed by atoms with E-state index in [0.29, 0.717) is 12.3 Å². The van der Waals surface area contributed by atoms with Crippen LogP contribution in [0.1, 0.15) is 45.8 Å². The standard InChI is InChI=1S/C16H19NO3/c1-10-4-5-15(11(2)6-10)12(3)17-8-14-7-13(9-20-14)16(18)19/h4-7,9,12,17H,8H2,1-3H3,(H,18,19). The van der Waals surface area contributed by atoms with Gasteiger partial charge in [0, 0.05) is 6.04 Å². The number of carbonyl (C=O) groups is 1. The third-order valence-electron chi connectivity index (χ3n) is 3.37. The van der Waals surface area contributed by atoms with Gasteiger partial charge in [0.25, 0.3) is 0 Å². The molecule has 0 bridgehead atoms. The molecular weight excluding hydrogens is 254 g/mol. The van der Waals surface area contributed by atoms with Crippen molar-refractivity contribution in [3.05, 3.63) is 58.5 Å². The molecule has 0 fully saturated rings. The quantitative estimate of drug-likeness (QED) is 0.876. The predicted molar refractivity (Wildman–Crippen MR) is 76.8 cm³/mol. The highest BCUT2D eigenvalue weighted by Crippen LogP contribution is 2.19. The zero-order valence-corrected chi connectivity index (χ0v) is 11.9. The summed E-state index contributed by atoms with van der Waals surface area (Å²) in [6, 6.07) is 8.09. The number of hydrogen-bond acceptors (Lipinski definition) is 3. The minimum atomic E-state index is -0.970. The second kappa shape index (κ2) is 5.92. The average molecular weight is 273 g/mol. The summed E-state index contributed by atoms with van der Waals surface area (Å²) in [6.45, 7) is 6.75. The third kappa shape index (κ3) is 3.27. The van der Waals surface area contributed by atoms with Crippen LogP contribution in [0.3, 0.4) is 0 Å². The Labute approximate surface area is 118 Å². The number of furan rings is 1. The second-order valence-electron chi connectivity index (χ2n) is 5.07. The third-order valence-corrected chi connectivity index (χ3v) is 3.37. The van der Waals surface area contributed by atoms with E-state index in [1.165, 1.54) is 23.0 Å². The van der Waals surface area contributed by atoms with Gasteiger partial charge in [-0.3, -0.25) is 0 Å². The molecule has 2 rings (SSSR count). The van der Waals surface area contributed by atoms with Crippen LogP contribution in [0.15, 0.2) is 34.9 Å². The molecule has 2 aromatic rings. The van der Waals surface area contributed by atoms with E-state index >= 15 is 0 Å². The summed E-state index contributed by atoms with van der Waals surface area (Å²) >= 11 is 0. The van der Waals surface area contributed by atoms with Crippen LogP contribution in [0.4, 0.5) is 0 Å². The molecule has 0 spiro atoms. The predicted octanol–water partition coefficient (Wildman–Crippen LogP) is 3.45. The van der Waals surface area contributed by atoms with E-state index in [4.69, 9.17) is 9.52 Å². The van der Waals surface area contributed by atoms with Crippen LogP contribution in [0.5, 0.6) is 0 Å². The molecule has 0 saturated carbocycles. The fourth-order valence-corrected chi connectivity index (χ4v) is 2.26. The molecule has 1 aromatic heterocycles. The van der Waals surface area contributed by atoms with Crippen LogP contribution >= 0.6 is 0 Å². The molecule has 0 radical (unpaired) electrons. The molecule has 1 aromatic carbocycles. The monoisotopic (exact) mass is 273 g/mol. The Morgan fingerprint density at radius 2 is 2.10 bits per heavy atom. The van der Waals surface area contributed by atoms with Gasteiger partial charge >= 0.3 is 5.97 Å². The minimum Gasteiger partial charge on any atom is -0.478 e. The van der Waals surface area contributed by atoms with Gasteiger partial charge in [0.2, 0.25) is 0 Å². The summed E-state index contributed by atoms with van der Waals surface area (Å²) in [5, 5.41) is 12.2. The Kier molecular flexibility index (Phi) is 4.25. The van der Waals surface area contributed by atoms with E-state index < -0.39 is 5.97 Å². The molecule has 0 amide bonds. The maximum atomic E-state index is 10.8.